The largest absolute Gasteiger partial charge is 0.497 e. The molecule has 1 aromatic carbocycles. The van der Waals surface area contributed by atoms with Crippen LogP contribution < -0.4 is 4.74 Å². The number of aryl methyl sites for hydroxylation is 1. The Balaban J connectivity index is 2.19. The lowest BCUT2D eigenvalue weighted by Crippen LogP contribution is -2.40. The van der Waals surface area contributed by atoms with Gasteiger partial charge < -0.3 is 9.47 Å². The number of allylic oxidation sites excluding steroid dienone is 1. The molecule has 7 nitrogen and oxygen atoms in total. The van der Waals surface area contributed by atoms with Crippen molar-refractivity contribution in [2.75, 3.05) is 13.7 Å². The quantitative estimate of drug-likeness (QED) is 0.699. The van der Waals surface area contributed by atoms with Crippen molar-refractivity contribution < 1.29 is 19.1 Å². The number of nitrogens with zero attached hydrogens (tertiary/aromatic N) is 3. The molecule has 3 rings (SSSR count). The second-order valence-electron chi connectivity index (χ2n) is 6.45. The molecule has 0 N–H and O–H groups in total. The number of carbonyl (C=O) groups is 2. The third kappa shape index (κ3) is 4.07. The molecule has 1 amide bonds. The van der Waals surface area contributed by atoms with Crippen LogP contribution in [0.5, 0.6) is 5.75 Å². The van der Waals surface area contributed by atoms with E-state index in [0.29, 0.717) is 28.5 Å². The van der Waals surface area contributed by atoms with Crippen LogP contribution in [0.3, 0.4) is 0 Å². The van der Waals surface area contributed by atoms with Gasteiger partial charge in [-0.25, -0.2) is 9.78 Å². The van der Waals surface area contributed by atoms with Crippen LogP contribution >= 0.6 is 11.3 Å². The first-order valence-corrected chi connectivity index (χ1v) is 10.1. The second-order valence-corrected chi connectivity index (χ2v) is 7.52. The summed E-state index contributed by atoms with van der Waals surface area (Å²) in [4.78, 5) is 36.0. The predicted molar refractivity (Wildman–Crippen MR) is 111 cm³/mol. The highest BCUT2D eigenvalue weighted by molar-refractivity contribution is 7.09. The van der Waals surface area contributed by atoms with Crippen LogP contribution in [0.1, 0.15) is 43.1 Å². The van der Waals surface area contributed by atoms with Crippen molar-refractivity contribution in [1.29, 1.82) is 0 Å². The number of aromatic nitrogens is 1. The van der Waals surface area contributed by atoms with Gasteiger partial charge in [0.05, 0.1) is 24.3 Å². The van der Waals surface area contributed by atoms with Crippen molar-refractivity contribution in [2.45, 2.75) is 33.7 Å². The number of hydrogen-bond acceptors (Lipinski definition) is 7. The number of thiazole rings is 1. The first kappa shape index (κ1) is 20.7. The number of benzene rings is 1. The maximum atomic E-state index is 12.8. The Kier molecular flexibility index (Phi) is 6.12. The van der Waals surface area contributed by atoms with Gasteiger partial charge in [0, 0.05) is 18.0 Å². The monoisotopic (exact) mass is 413 g/mol. The van der Waals surface area contributed by atoms with E-state index >= 15 is 0 Å². The number of amidine groups is 1. The number of rotatable bonds is 5. The fourth-order valence-electron chi connectivity index (χ4n) is 3.25. The maximum Gasteiger partial charge on any atom is 0.338 e. The van der Waals surface area contributed by atoms with Gasteiger partial charge in [-0.2, -0.15) is 0 Å². The summed E-state index contributed by atoms with van der Waals surface area (Å²) in [6, 6.07) is 6.71. The Hall–Kier alpha value is -3.00. The van der Waals surface area contributed by atoms with Crippen LogP contribution in [-0.2, 0) is 14.3 Å². The third-order valence-electron chi connectivity index (χ3n) is 4.55. The van der Waals surface area contributed by atoms with Crippen LogP contribution in [0.2, 0.25) is 0 Å². The lowest BCUT2D eigenvalue weighted by atomic mass is 9.95. The van der Waals surface area contributed by atoms with Gasteiger partial charge >= 0.3 is 5.97 Å². The minimum absolute atomic E-state index is 0.229. The minimum atomic E-state index is -0.618. The number of amides is 1. The van der Waals surface area contributed by atoms with E-state index < -0.39 is 12.0 Å². The molecule has 29 heavy (non-hydrogen) atoms. The molecule has 8 heteroatoms. The molecule has 0 bridgehead atoms. The van der Waals surface area contributed by atoms with E-state index in [1.54, 1.807) is 21.0 Å². The molecule has 0 saturated carbocycles. The zero-order valence-corrected chi connectivity index (χ0v) is 17.9. The fraction of sp³-hybridized carbons (Fsp3) is 0.333. The lowest BCUT2D eigenvalue weighted by Gasteiger charge is -2.32. The molecule has 2 heterocycles. The molecule has 2 aromatic rings. The van der Waals surface area contributed by atoms with Crippen molar-refractivity contribution in [2.24, 2.45) is 4.99 Å². The zero-order valence-electron chi connectivity index (χ0n) is 17.1. The van der Waals surface area contributed by atoms with Crippen molar-refractivity contribution in [3.05, 3.63) is 57.2 Å². The van der Waals surface area contributed by atoms with Gasteiger partial charge in [0.25, 0.3) is 0 Å². The molecule has 0 saturated heterocycles. The van der Waals surface area contributed by atoms with E-state index in [1.807, 2.05) is 36.6 Å². The summed E-state index contributed by atoms with van der Waals surface area (Å²) in [5.41, 5.74) is 2.22. The predicted octanol–water partition coefficient (Wildman–Crippen LogP) is 3.65. The Labute approximate surface area is 173 Å². The molecule has 152 valence electrons. The molecule has 0 aliphatic carbocycles. The van der Waals surface area contributed by atoms with Crippen LogP contribution in [-0.4, -0.2) is 41.3 Å². The topological polar surface area (TPSA) is 81.1 Å². The van der Waals surface area contributed by atoms with E-state index in [4.69, 9.17) is 14.5 Å². The van der Waals surface area contributed by atoms with Crippen LogP contribution in [0.15, 0.2) is 45.9 Å². The van der Waals surface area contributed by atoms with Gasteiger partial charge in [-0.1, -0.05) is 12.1 Å². The van der Waals surface area contributed by atoms with Gasteiger partial charge in [0.1, 0.15) is 17.5 Å². The van der Waals surface area contributed by atoms with Gasteiger partial charge in [-0.3, -0.25) is 14.7 Å². The third-order valence-corrected chi connectivity index (χ3v) is 5.33. The molecule has 0 fully saturated rings. The maximum absolute atomic E-state index is 12.8. The normalized spacial score (nSPS) is 16.5. The molecule has 0 radical (unpaired) electrons. The Bertz CT molecular complexity index is 992. The highest BCUT2D eigenvalue weighted by atomic mass is 32.1. The number of aliphatic imine (C=N–C) groups is 1. The summed E-state index contributed by atoms with van der Waals surface area (Å²) in [6.07, 6.45) is 0. The molecule has 1 aliphatic heterocycles. The number of esters is 1. The second kappa shape index (κ2) is 8.57. The van der Waals surface area contributed by atoms with Gasteiger partial charge in [-0.15, -0.1) is 11.3 Å². The van der Waals surface area contributed by atoms with E-state index in [0.717, 1.165) is 10.6 Å². The number of ether oxygens (including phenoxy) is 2. The SMILES string of the molecule is CCOC(=O)C1=C(C)N(C(C)=O)C(c2csc(C)n2)=N[C@@H]1c1ccc(OC)cc1. The summed E-state index contributed by atoms with van der Waals surface area (Å²) in [5, 5.41) is 2.72. The first-order valence-electron chi connectivity index (χ1n) is 9.20. The van der Waals surface area contributed by atoms with Crippen LogP contribution in [0.4, 0.5) is 0 Å². The van der Waals surface area contributed by atoms with Crippen LogP contribution in [0.25, 0.3) is 0 Å². The minimum Gasteiger partial charge on any atom is -0.497 e. The van der Waals surface area contributed by atoms with E-state index in [-0.39, 0.29) is 12.5 Å². The average Bonchev–Trinajstić information content (AvgIpc) is 3.13. The summed E-state index contributed by atoms with van der Waals surface area (Å²) in [6.45, 7) is 7.04. The van der Waals surface area contributed by atoms with Gasteiger partial charge in [0.15, 0.2) is 5.84 Å². The highest BCUT2D eigenvalue weighted by Gasteiger charge is 2.36. The van der Waals surface area contributed by atoms with Crippen molar-refractivity contribution >= 4 is 29.0 Å². The highest BCUT2D eigenvalue weighted by Crippen LogP contribution is 2.36. The molecular weight excluding hydrogens is 390 g/mol. The van der Waals surface area contributed by atoms with Gasteiger partial charge in [0.2, 0.25) is 5.91 Å². The molecule has 1 atom stereocenters. The Morgan fingerprint density at radius 3 is 2.41 bits per heavy atom. The van der Waals surface area contributed by atoms with Crippen molar-refractivity contribution in [3.8, 4) is 5.75 Å². The summed E-state index contributed by atoms with van der Waals surface area (Å²) >= 11 is 1.48. The summed E-state index contributed by atoms with van der Waals surface area (Å²) < 4.78 is 10.5. The smallest absolute Gasteiger partial charge is 0.338 e. The Morgan fingerprint density at radius 1 is 1.21 bits per heavy atom. The molecule has 1 aromatic heterocycles. The van der Waals surface area contributed by atoms with E-state index in [9.17, 15) is 9.59 Å². The van der Waals surface area contributed by atoms with Crippen molar-refractivity contribution in [3.63, 3.8) is 0 Å². The number of methoxy groups -OCH3 is 1. The Morgan fingerprint density at radius 2 is 1.90 bits per heavy atom. The standard InChI is InChI=1S/C21H23N3O4S/c1-6-28-21(26)18-12(2)24(14(4)25)20(17-11-29-13(3)22-17)23-19(18)15-7-9-16(27-5)10-8-15/h7-11,19H,6H2,1-5H3/t19-/m1/s1. The lowest BCUT2D eigenvalue weighted by molar-refractivity contribution is -0.139. The van der Waals surface area contributed by atoms with E-state index in [2.05, 4.69) is 4.98 Å². The summed E-state index contributed by atoms with van der Waals surface area (Å²) in [7, 11) is 1.59. The number of hydrogen-bond donors (Lipinski definition) is 0. The van der Waals surface area contributed by atoms with Crippen molar-refractivity contribution in [1.82, 2.24) is 9.88 Å². The molecule has 0 spiro atoms. The van der Waals surface area contributed by atoms with Crippen LogP contribution in [0, 0.1) is 6.92 Å². The molecule has 1 aliphatic rings. The molecule has 0 unspecified atom stereocenters. The first-order chi connectivity index (χ1) is 13.9. The molecular formula is C21H23N3O4S. The van der Waals surface area contributed by atoms with Gasteiger partial charge in [-0.05, 0) is 38.5 Å². The summed E-state index contributed by atoms with van der Waals surface area (Å²) in [5.74, 6) is 0.386. The fourth-order valence-corrected chi connectivity index (χ4v) is 3.84. The zero-order chi connectivity index (χ0) is 21.1. The van der Waals surface area contributed by atoms with E-state index in [1.165, 1.54) is 23.2 Å². The average molecular weight is 413 g/mol. The number of carbonyl (C=O) groups excluding carboxylic acids is 2.